The zero-order valence-corrected chi connectivity index (χ0v) is 8.48. The molecule has 0 heterocycles. The lowest BCUT2D eigenvalue weighted by Gasteiger charge is -1.96. The average Bonchev–Trinajstić information content (AvgIpc) is 2.25. The number of allylic oxidation sites excluding steroid dienone is 1. The molecule has 1 aromatic carbocycles. The predicted octanol–water partition coefficient (Wildman–Crippen LogP) is 2.66. The molecule has 1 aromatic rings. The van der Waals surface area contributed by atoms with Crippen molar-refractivity contribution >= 4 is 29.7 Å². The van der Waals surface area contributed by atoms with E-state index in [0.29, 0.717) is 17.7 Å². The molecule has 0 saturated carbocycles. The molecule has 5 heteroatoms. The minimum atomic E-state index is -0.537. The largest absolute Gasteiger partial charge is 0.298 e. The molecule has 0 aromatic heterocycles. The lowest BCUT2D eigenvalue weighted by atomic mass is 10.1. The highest BCUT2D eigenvalue weighted by atomic mass is 35.5. The van der Waals surface area contributed by atoms with E-state index < -0.39 is 4.92 Å². The molecule has 0 saturated heterocycles. The van der Waals surface area contributed by atoms with Gasteiger partial charge in [0.15, 0.2) is 0 Å². The number of benzene rings is 1. The Morgan fingerprint density at radius 3 is 2.53 bits per heavy atom. The first-order valence-electron chi connectivity index (χ1n) is 4.14. The van der Waals surface area contributed by atoms with E-state index in [-0.39, 0.29) is 11.3 Å². The van der Waals surface area contributed by atoms with Crippen LogP contribution in [0.5, 0.6) is 0 Å². The summed E-state index contributed by atoms with van der Waals surface area (Å²) < 4.78 is 0. The molecule has 0 unspecified atom stereocenters. The molecular formula is C10H8ClNO3. The highest BCUT2D eigenvalue weighted by molar-refractivity contribution is 6.19. The first kappa shape index (κ1) is 11.4. The van der Waals surface area contributed by atoms with Crippen molar-refractivity contribution in [2.45, 2.75) is 0 Å². The van der Waals surface area contributed by atoms with Crippen molar-refractivity contribution in [2.24, 2.45) is 0 Å². The van der Waals surface area contributed by atoms with Crippen LogP contribution in [-0.2, 0) is 0 Å². The molecule has 0 bridgehead atoms. The SMILES string of the molecule is O=Cc1cc(C=CCCl)cc([N+](=O)[O-])c1. The maximum absolute atomic E-state index is 10.5. The fraction of sp³-hybridized carbons (Fsp3) is 0.100. The van der Waals surface area contributed by atoms with Crippen molar-refractivity contribution in [3.8, 4) is 0 Å². The van der Waals surface area contributed by atoms with Crippen molar-refractivity contribution < 1.29 is 9.72 Å². The highest BCUT2D eigenvalue weighted by Crippen LogP contribution is 2.17. The molecule has 0 fully saturated rings. The van der Waals surface area contributed by atoms with Crippen molar-refractivity contribution in [2.75, 3.05) is 5.88 Å². The molecule has 78 valence electrons. The number of nitrogens with zero attached hydrogens (tertiary/aromatic N) is 1. The second kappa shape index (κ2) is 5.26. The van der Waals surface area contributed by atoms with Crippen LogP contribution in [0.25, 0.3) is 6.08 Å². The lowest BCUT2D eigenvalue weighted by molar-refractivity contribution is -0.384. The Labute approximate surface area is 91.3 Å². The lowest BCUT2D eigenvalue weighted by Crippen LogP contribution is -1.91. The van der Waals surface area contributed by atoms with Crippen LogP contribution in [0.3, 0.4) is 0 Å². The average molecular weight is 226 g/mol. The Kier molecular flexibility index (Phi) is 4.00. The van der Waals surface area contributed by atoms with Crippen LogP contribution >= 0.6 is 11.6 Å². The molecule has 0 radical (unpaired) electrons. The molecule has 0 spiro atoms. The smallest absolute Gasteiger partial charge is 0.270 e. The molecule has 0 amide bonds. The number of carbonyl (C=O) groups excluding carboxylic acids is 1. The van der Waals surface area contributed by atoms with E-state index >= 15 is 0 Å². The maximum atomic E-state index is 10.5. The standard InChI is InChI=1S/C10H8ClNO3/c11-3-1-2-8-4-9(7-13)6-10(5-8)12(14)15/h1-2,4-7H,3H2. The molecule has 0 aliphatic heterocycles. The third-order valence-electron chi connectivity index (χ3n) is 1.71. The third-order valence-corrected chi connectivity index (χ3v) is 1.89. The number of halogens is 1. The van der Waals surface area contributed by atoms with Crippen molar-refractivity contribution in [3.05, 3.63) is 45.5 Å². The number of rotatable bonds is 4. The summed E-state index contributed by atoms with van der Waals surface area (Å²) >= 11 is 5.44. The van der Waals surface area contributed by atoms with E-state index in [1.165, 1.54) is 12.1 Å². The Bertz CT molecular complexity index is 415. The summed E-state index contributed by atoms with van der Waals surface area (Å²) in [6.45, 7) is 0. The molecule has 15 heavy (non-hydrogen) atoms. The van der Waals surface area contributed by atoms with Gasteiger partial charge in [0.25, 0.3) is 5.69 Å². The van der Waals surface area contributed by atoms with E-state index in [4.69, 9.17) is 11.6 Å². The van der Waals surface area contributed by atoms with Gasteiger partial charge < -0.3 is 0 Å². The van der Waals surface area contributed by atoms with Crippen LogP contribution in [0, 0.1) is 10.1 Å². The number of alkyl halides is 1. The van der Waals surface area contributed by atoms with Gasteiger partial charge in [-0.3, -0.25) is 14.9 Å². The summed E-state index contributed by atoms with van der Waals surface area (Å²) in [5.74, 6) is 0.319. The summed E-state index contributed by atoms with van der Waals surface area (Å²) in [5.41, 5.74) is 0.763. The first-order valence-corrected chi connectivity index (χ1v) is 4.68. The molecule has 0 aliphatic carbocycles. The van der Waals surface area contributed by atoms with Gasteiger partial charge in [0.2, 0.25) is 0 Å². The van der Waals surface area contributed by atoms with Crippen molar-refractivity contribution in [1.82, 2.24) is 0 Å². The summed E-state index contributed by atoms with van der Waals surface area (Å²) in [7, 11) is 0. The van der Waals surface area contributed by atoms with Crippen LogP contribution < -0.4 is 0 Å². The number of aldehydes is 1. The molecule has 0 N–H and O–H groups in total. The number of non-ortho nitro benzene ring substituents is 1. The summed E-state index contributed by atoms with van der Waals surface area (Å²) in [4.78, 5) is 20.5. The van der Waals surface area contributed by atoms with E-state index in [0.717, 1.165) is 0 Å². The second-order valence-electron chi connectivity index (χ2n) is 2.79. The third kappa shape index (κ3) is 3.18. The van der Waals surface area contributed by atoms with Crippen molar-refractivity contribution in [3.63, 3.8) is 0 Å². The summed E-state index contributed by atoms with van der Waals surface area (Å²) in [6.07, 6.45) is 3.85. The topological polar surface area (TPSA) is 60.2 Å². The van der Waals surface area contributed by atoms with Crippen molar-refractivity contribution in [1.29, 1.82) is 0 Å². The molecular weight excluding hydrogens is 218 g/mol. The van der Waals surface area contributed by atoms with Crippen LogP contribution in [-0.4, -0.2) is 17.1 Å². The van der Waals surface area contributed by atoms with Gasteiger partial charge in [-0.1, -0.05) is 12.2 Å². The quantitative estimate of drug-likeness (QED) is 0.343. The van der Waals surface area contributed by atoms with E-state index in [1.54, 1.807) is 18.2 Å². The van der Waals surface area contributed by atoms with Gasteiger partial charge in [0, 0.05) is 23.6 Å². The van der Waals surface area contributed by atoms with Crippen LogP contribution in [0.2, 0.25) is 0 Å². The van der Waals surface area contributed by atoms with Gasteiger partial charge in [-0.15, -0.1) is 11.6 Å². The normalized spacial score (nSPS) is 10.5. The summed E-state index contributed by atoms with van der Waals surface area (Å²) in [6, 6.07) is 4.17. The second-order valence-corrected chi connectivity index (χ2v) is 3.10. The van der Waals surface area contributed by atoms with Gasteiger partial charge in [0.1, 0.15) is 6.29 Å². The number of hydrogen-bond acceptors (Lipinski definition) is 3. The Balaban J connectivity index is 3.16. The van der Waals surface area contributed by atoms with E-state index in [2.05, 4.69) is 0 Å². The maximum Gasteiger partial charge on any atom is 0.270 e. The van der Waals surface area contributed by atoms with E-state index in [9.17, 15) is 14.9 Å². The number of nitro groups is 1. The minimum absolute atomic E-state index is 0.103. The van der Waals surface area contributed by atoms with Crippen LogP contribution in [0.15, 0.2) is 24.3 Å². The first-order chi connectivity index (χ1) is 7.17. The predicted molar refractivity (Wildman–Crippen MR) is 58.2 cm³/mol. The number of hydrogen-bond donors (Lipinski definition) is 0. The fourth-order valence-electron chi connectivity index (χ4n) is 1.11. The zero-order chi connectivity index (χ0) is 11.3. The van der Waals surface area contributed by atoms with Gasteiger partial charge in [0.05, 0.1) is 4.92 Å². The molecule has 4 nitrogen and oxygen atoms in total. The Hall–Kier alpha value is -1.68. The zero-order valence-electron chi connectivity index (χ0n) is 7.72. The van der Waals surface area contributed by atoms with Gasteiger partial charge in [-0.05, 0) is 11.6 Å². The van der Waals surface area contributed by atoms with Gasteiger partial charge in [-0.2, -0.15) is 0 Å². The molecule has 0 aliphatic rings. The van der Waals surface area contributed by atoms with E-state index in [1.807, 2.05) is 0 Å². The molecule has 0 atom stereocenters. The minimum Gasteiger partial charge on any atom is -0.298 e. The molecule has 1 rings (SSSR count). The van der Waals surface area contributed by atoms with Gasteiger partial charge in [-0.25, -0.2) is 0 Å². The number of nitro benzene ring substituents is 1. The summed E-state index contributed by atoms with van der Waals surface area (Å²) in [5, 5.41) is 10.5. The number of carbonyl (C=O) groups is 1. The van der Waals surface area contributed by atoms with Crippen LogP contribution in [0.4, 0.5) is 5.69 Å². The van der Waals surface area contributed by atoms with Crippen LogP contribution in [0.1, 0.15) is 15.9 Å². The Morgan fingerprint density at radius 2 is 2.00 bits per heavy atom. The van der Waals surface area contributed by atoms with Gasteiger partial charge >= 0.3 is 0 Å². The Morgan fingerprint density at radius 1 is 1.33 bits per heavy atom. The fourth-order valence-corrected chi connectivity index (χ4v) is 1.20. The monoisotopic (exact) mass is 225 g/mol. The highest BCUT2D eigenvalue weighted by Gasteiger charge is 2.07.